The molecule has 4 nitrogen and oxygen atoms in total. The number of rotatable bonds is 4. The minimum absolute atomic E-state index is 0.469. The normalized spacial score (nSPS) is 21.4. The average molecular weight is 195 g/mol. The quantitative estimate of drug-likeness (QED) is 0.794. The standard InChI is InChI=1S/C10H17N3O/c1-2-4-11-10-12-5-6-13(10)9-3-7-14-8-9/h5-6,9H,2-4,7-8H2,1H3,(H,11,12). The molecule has 0 spiro atoms. The van der Waals surface area contributed by atoms with E-state index >= 15 is 0 Å². The first kappa shape index (κ1) is 9.52. The Bertz CT molecular complexity index is 279. The number of anilines is 1. The van der Waals surface area contributed by atoms with Gasteiger partial charge in [0.1, 0.15) is 0 Å². The van der Waals surface area contributed by atoms with Crippen molar-refractivity contribution in [2.45, 2.75) is 25.8 Å². The maximum absolute atomic E-state index is 5.36. The Balaban J connectivity index is 2.04. The van der Waals surface area contributed by atoms with Gasteiger partial charge in [-0.25, -0.2) is 4.98 Å². The van der Waals surface area contributed by atoms with Gasteiger partial charge >= 0.3 is 0 Å². The molecule has 14 heavy (non-hydrogen) atoms. The summed E-state index contributed by atoms with van der Waals surface area (Å²) >= 11 is 0. The molecule has 0 aromatic carbocycles. The Kier molecular flexibility index (Phi) is 3.03. The summed E-state index contributed by atoms with van der Waals surface area (Å²) in [5, 5.41) is 3.32. The minimum atomic E-state index is 0.469. The van der Waals surface area contributed by atoms with Crippen molar-refractivity contribution >= 4 is 5.95 Å². The van der Waals surface area contributed by atoms with Crippen molar-refractivity contribution in [2.24, 2.45) is 0 Å². The number of hydrogen-bond acceptors (Lipinski definition) is 3. The van der Waals surface area contributed by atoms with Crippen molar-refractivity contribution in [3.05, 3.63) is 12.4 Å². The van der Waals surface area contributed by atoms with Crippen molar-refractivity contribution in [1.29, 1.82) is 0 Å². The predicted octanol–water partition coefficient (Wildman–Crippen LogP) is 1.67. The van der Waals surface area contributed by atoms with Gasteiger partial charge in [0.25, 0.3) is 0 Å². The van der Waals surface area contributed by atoms with Gasteiger partial charge in [0.15, 0.2) is 0 Å². The molecule has 2 rings (SSSR count). The molecular formula is C10H17N3O. The Hall–Kier alpha value is -1.03. The van der Waals surface area contributed by atoms with E-state index in [1.807, 2.05) is 12.4 Å². The van der Waals surface area contributed by atoms with E-state index in [0.717, 1.165) is 38.5 Å². The van der Waals surface area contributed by atoms with Gasteiger partial charge in [0.05, 0.1) is 12.6 Å². The fourth-order valence-electron chi connectivity index (χ4n) is 1.72. The van der Waals surface area contributed by atoms with Crippen LogP contribution in [0.1, 0.15) is 25.8 Å². The van der Waals surface area contributed by atoms with Gasteiger partial charge in [-0.3, -0.25) is 0 Å². The van der Waals surface area contributed by atoms with Gasteiger partial charge < -0.3 is 14.6 Å². The molecule has 1 unspecified atom stereocenters. The van der Waals surface area contributed by atoms with Crippen LogP contribution in [0.3, 0.4) is 0 Å². The second kappa shape index (κ2) is 4.46. The zero-order chi connectivity index (χ0) is 9.80. The van der Waals surface area contributed by atoms with Crippen LogP contribution >= 0.6 is 0 Å². The Morgan fingerprint density at radius 2 is 2.64 bits per heavy atom. The third-order valence-electron chi connectivity index (χ3n) is 2.50. The van der Waals surface area contributed by atoms with Crippen molar-refractivity contribution < 1.29 is 4.74 Å². The van der Waals surface area contributed by atoms with Crippen molar-refractivity contribution in [2.75, 3.05) is 25.1 Å². The molecule has 0 radical (unpaired) electrons. The van der Waals surface area contributed by atoms with Crippen molar-refractivity contribution in [3.8, 4) is 0 Å². The molecular weight excluding hydrogens is 178 g/mol. The monoisotopic (exact) mass is 195 g/mol. The van der Waals surface area contributed by atoms with E-state index < -0.39 is 0 Å². The number of nitrogens with zero attached hydrogens (tertiary/aromatic N) is 2. The van der Waals surface area contributed by atoms with Gasteiger partial charge in [-0.1, -0.05) is 6.92 Å². The van der Waals surface area contributed by atoms with E-state index in [9.17, 15) is 0 Å². The number of hydrogen-bond donors (Lipinski definition) is 1. The molecule has 1 fully saturated rings. The van der Waals surface area contributed by atoms with Crippen LogP contribution < -0.4 is 5.32 Å². The summed E-state index contributed by atoms with van der Waals surface area (Å²) < 4.78 is 7.55. The summed E-state index contributed by atoms with van der Waals surface area (Å²) in [6.07, 6.45) is 6.08. The summed E-state index contributed by atoms with van der Waals surface area (Å²) in [5.74, 6) is 0.974. The van der Waals surface area contributed by atoms with Crippen LogP contribution in [0.15, 0.2) is 12.4 Å². The van der Waals surface area contributed by atoms with E-state index in [4.69, 9.17) is 4.74 Å². The average Bonchev–Trinajstić information content (AvgIpc) is 2.84. The molecule has 1 aromatic rings. The fraction of sp³-hybridized carbons (Fsp3) is 0.700. The molecule has 0 bridgehead atoms. The molecule has 0 saturated carbocycles. The first-order valence-corrected chi connectivity index (χ1v) is 5.26. The van der Waals surface area contributed by atoms with E-state index in [1.54, 1.807) is 0 Å². The third-order valence-corrected chi connectivity index (χ3v) is 2.50. The summed E-state index contributed by atoms with van der Waals surface area (Å²) in [4.78, 5) is 4.29. The molecule has 1 aromatic heterocycles. The molecule has 1 aliphatic rings. The molecule has 4 heteroatoms. The number of nitrogens with one attached hydrogen (secondary N) is 1. The molecule has 78 valence electrons. The highest BCUT2D eigenvalue weighted by molar-refractivity contribution is 5.26. The molecule has 1 N–H and O–H groups in total. The van der Waals surface area contributed by atoms with E-state index in [1.165, 1.54) is 0 Å². The van der Waals surface area contributed by atoms with Gasteiger partial charge in [-0.2, -0.15) is 0 Å². The zero-order valence-electron chi connectivity index (χ0n) is 8.57. The van der Waals surface area contributed by atoms with Crippen LogP contribution in [0, 0.1) is 0 Å². The van der Waals surface area contributed by atoms with E-state index in [-0.39, 0.29) is 0 Å². The highest BCUT2D eigenvalue weighted by Crippen LogP contribution is 2.22. The molecule has 1 aliphatic heterocycles. The van der Waals surface area contributed by atoms with Crippen LogP contribution in [-0.2, 0) is 4.74 Å². The van der Waals surface area contributed by atoms with E-state index in [0.29, 0.717) is 6.04 Å². The molecule has 2 heterocycles. The largest absolute Gasteiger partial charge is 0.379 e. The predicted molar refractivity (Wildman–Crippen MR) is 55.5 cm³/mol. The van der Waals surface area contributed by atoms with Crippen molar-refractivity contribution in [1.82, 2.24) is 9.55 Å². The lowest BCUT2D eigenvalue weighted by atomic mass is 10.2. The second-order valence-electron chi connectivity index (χ2n) is 3.60. The summed E-state index contributed by atoms with van der Waals surface area (Å²) in [7, 11) is 0. The lowest BCUT2D eigenvalue weighted by Gasteiger charge is -2.13. The first-order chi connectivity index (χ1) is 6.92. The van der Waals surface area contributed by atoms with Gasteiger partial charge in [-0.15, -0.1) is 0 Å². The number of aromatic nitrogens is 2. The Labute approximate surface area is 84.3 Å². The lowest BCUT2D eigenvalue weighted by Crippen LogP contribution is -2.13. The summed E-state index contributed by atoms with van der Waals surface area (Å²) in [6, 6.07) is 0.469. The third kappa shape index (κ3) is 1.90. The van der Waals surface area contributed by atoms with Gasteiger partial charge in [-0.05, 0) is 12.8 Å². The SMILES string of the molecule is CCCNc1nccn1C1CCOC1. The van der Waals surface area contributed by atoms with Gasteiger partial charge in [0, 0.05) is 25.5 Å². The molecule has 1 saturated heterocycles. The van der Waals surface area contributed by atoms with Crippen LogP contribution in [0.2, 0.25) is 0 Å². The number of imidazole rings is 1. The van der Waals surface area contributed by atoms with Gasteiger partial charge in [0.2, 0.25) is 5.95 Å². The van der Waals surface area contributed by atoms with Crippen LogP contribution in [-0.4, -0.2) is 29.3 Å². The minimum Gasteiger partial charge on any atom is -0.379 e. The zero-order valence-corrected chi connectivity index (χ0v) is 8.57. The first-order valence-electron chi connectivity index (χ1n) is 5.26. The van der Waals surface area contributed by atoms with Crippen LogP contribution in [0.25, 0.3) is 0 Å². The van der Waals surface area contributed by atoms with E-state index in [2.05, 4.69) is 21.8 Å². The lowest BCUT2D eigenvalue weighted by molar-refractivity contribution is 0.187. The Morgan fingerprint density at radius 1 is 1.71 bits per heavy atom. The summed E-state index contributed by atoms with van der Waals surface area (Å²) in [5.41, 5.74) is 0. The summed E-state index contributed by atoms with van der Waals surface area (Å²) in [6.45, 7) is 4.82. The van der Waals surface area contributed by atoms with Crippen LogP contribution in [0.4, 0.5) is 5.95 Å². The maximum atomic E-state index is 5.36. The van der Waals surface area contributed by atoms with Crippen molar-refractivity contribution in [3.63, 3.8) is 0 Å². The number of ether oxygens (including phenoxy) is 1. The van der Waals surface area contributed by atoms with Crippen LogP contribution in [0.5, 0.6) is 0 Å². The fourth-order valence-corrected chi connectivity index (χ4v) is 1.72. The Morgan fingerprint density at radius 3 is 3.36 bits per heavy atom. The maximum Gasteiger partial charge on any atom is 0.203 e. The molecule has 0 aliphatic carbocycles. The smallest absolute Gasteiger partial charge is 0.203 e. The topological polar surface area (TPSA) is 39.1 Å². The second-order valence-corrected chi connectivity index (χ2v) is 3.60. The molecule has 1 atom stereocenters. The highest BCUT2D eigenvalue weighted by Gasteiger charge is 2.19. The highest BCUT2D eigenvalue weighted by atomic mass is 16.5. The molecule has 0 amide bonds.